The predicted molar refractivity (Wildman–Crippen MR) is 39.1 cm³/mol. The maximum Gasteiger partial charge on any atom is 0.195 e. The molecule has 3 nitrogen and oxygen atoms in total. The quantitative estimate of drug-likeness (QED) is 0.607. The number of carbonyl (C=O) groups excluding carboxylic acids is 1. The number of carbonyl (C=O) groups is 1. The van der Waals surface area contributed by atoms with Gasteiger partial charge in [0.1, 0.15) is 5.51 Å². The Morgan fingerprint density at radius 2 is 2.40 bits per heavy atom. The summed E-state index contributed by atoms with van der Waals surface area (Å²) in [4.78, 5) is 11.1. The van der Waals surface area contributed by atoms with E-state index in [1.54, 1.807) is 5.51 Å². The second-order valence-corrected chi connectivity index (χ2v) is 3.10. The first kappa shape index (κ1) is 7.34. The third-order valence-electron chi connectivity index (χ3n) is 1.10. The van der Waals surface area contributed by atoms with E-state index in [4.69, 9.17) is 0 Å². The summed E-state index contributed by atoms with van der Waals surface area (Å²) in [6, 6.07) is 0. The van der Waals surface area contributed by atoms with Crippen LogP contribution in [0.3, 0.4) is 0 Å². The van der Waals surface area contributed by atoms with Gasteiger partial charge in [-0.05, 0) is 0 Å². The molecule has 0 unspecified atom stereocenters. The summed E-state index contributed by atoms with van der Waals surface area (Å²) in [5, 5.41) is 7.74. The summed E-state index contributed by atoms with van der Waals surface area (Å²) >= 11 is 1.29. The lowest BCUT2D eigenvalue weighted by atomic mass is 10.1. The highest BCUT2D eigenvalue weighted by Gasteiger charge is 2.12. The standard InChI is InChI=1S/C6H8N2OS/c1-4(2)5(9)6-8-7-3-10-6/h3-4H,1-2H3. The van der Waals surface area contributed by atoms with Crippen molar-refractivity contribution in [2.45, 2.75) is 13.8 Å². The number of Topliss-reactive ketones (excluding diaryl/α,β-unsaturated/α-hetero) is 1. The van der Waals surface area contributed by atoms with Crippen molar-refractivity contribution in [3.8, 4) is 0 Å². The summed E-state index contributed by atoms with van der Waals surface area (Å²) in [5.41, 5.74) is 1.57. The van der Waals surface area contributed by atoms with Gasteiger partial charge in [0.15, 0.2) is 10.8 Å². The maximum absolute atomic E-state index is 11.1. The van der Waals surface area contributed by atoms with Crippen LogP contribution in [-0.2, 0) is 0 Å². The number of ketones is 1. The van der Waals surface area contributed by atoms with Crippen molar-refractivity contribution in [1.29, 1.82) is 0 Å². The van der Waals surface area contributed by atoms with Crippen molar-refractivity contribution >= 4 is 17.1 Å². The first-order chi connectivity index (χ1) is 4.72. The zero-order chi connectivity index (χ0) is 7.56. The van der Waals surface area contributed by atoms with E-state index in [2.05, 4.69) is 10.2 Å². The van der Waals surface area contributed by atoms with Crippen molar-refractivity contribution in [3.05, 3.63) is 10.5 Å². The second kappa shape index (κ2) is 2.88. The largest absolute Gasteiger partial charge is 0.291 e. The Bertz CT molecular complexity index is 218. The zero-order valence-corrected chi connectivity index (χ0v) is 6.68. The summed E-state index contributed by atoms with van der Waals surface area (Å²) in [7, 11) is 0. The molecule has 1 rings (SSSR count). The molecular formula is C6H8N2OS. The number of aromatic nitrogens is 2. The van der Waals surface area contributed by atoms with E-state index in [0.717, 1.165) is 0 Å². The van der Waals surface area contributed by atoms with Gasteiger partial charge in [-0.15, -0.1) is 10.2 Å². The summed E-state index contributed by atoms with van der Waals surface area (Å²) < 4.78 is 0. The molecule has 0 aliphatic rings. The highest BCUT2D eigenvalue weighted by molar-refractivity contribution is 7.11. The Morgan fingerprint density at radius 1 is 1.70 bits per heavy atom. The van der Waals surface area contributed by atoms with Gasteiger partial charge < -0.3 is 0 Å². The van der Waals surface area contributed by atoms with Crippen LogP contribution in [-0.4, -0.2) is 16.0 Å². The molecule has 0 fully saturated rings. The first-order valence-electron chi connectivity index (χ1n) is 3.02. The summed E-state index contributed by atoms with van der Waals surface area (Å²) in [6.45, 7) is 3.70. The van der Waals surface area contributed by atoms with Crippen LogP contribution >= 0.6 is 11.3 Å². The molecule has 0 amide bonds. The summed E-state index contributed by atoms with van der Waals surface area (Å²) in [5.74, 6) is 0.0930. The van der Waals surface area contributed by atoms with Crippen LogP contribution in [0, 0.1) is 5.92 Å². The maximum atomic E-state index is 11.1. The average molecular weight is 156 g/mol. The molecule has 0 radical (unpaired) electrons. The van der Waals surface area contributed by atoms with Gasteiger partial charge in [0.25, 0.3) is 0 Å². The number of hydrogen-bond donors (Lipinski definition) is 0. The average Bonchev–Trinajstić information content (AvgIpc) is 2.36. The molecule has 0 spiro atoms. The lowest BCUT2D eigenvalue weighted by Crippen LogP contribution is -2.06. The first-order valence-corrected chi connectivity index (χ1v) is 3.90. The minimum atomic E-state index is 0.0212. The van der Waals surface area contributed by atoms with E-state index in [0.29, 0.717) is 5.01 Å². The molecular weight excluding hydrogens is 148 g/mol. The topological polar surface area (TPSA) is 42.9 Å². The molecule has 0 bridgehead atoms. The monoisotopic (exact) mass is 156 g/mol. The van der Waals surface area contributed by atoms with Gasteiger partial charge >= 0.3 is 0 Å². The Balaban J connectivity index is 2.78. The van der Waals surface area contributed by atoms with Crippen LogP contribution in [0.2, 0.25) is 0 Å². The molecule has 1 heterocycles. The van der Waals surface area contributed by atoms with E-state index in [9.17, 15) is 4.79 Å². The summed E-state index contributed by atoms with van der Waals surface area (Å²) in [6.07, 6.45) is 0. The third kappa shape index (κ3) is 1.39. The molecule has 0 saturated carbocycles. The van der Waals surface area contributed by atoms with Gasteiger partial charge in [0, 0.05) is 5.92 Å². The van der Waals surface area contributed by atoms with E-state index in [1.165, 1.54) is 11.3 Å². The van der Waals surface area contributed by atoms with Gasteiger partial charge in [-0.2, -0.15) is 0 Å². The molecule has 10 heavy (non-hydrogen) atoms. The smallest absolute Gasteiger partial charge is 0.195 e. The van der Waals surface area contributed by atoms with Crippen LogP contribution in [0.15, 0.2) is 5.51 Å². The van der Waals surface area contributed by atoms with Gasteiger partial charge in [-0.1, -0.05) is 25.2 Å². The molecule has 0 atom stereocenters. The highest BCUT2D eigenvalue weighted by atomic mass is 32.1. The van der Waals surface area contributed by atoms with E-state index in [-0.39, 0.29) is 11.7 Å². The van der Waals surface area contributed by atoms with Crippen LogP contribution in [0.25, 0.3) is 0 Å². The van der Waals surface area contributed by atoms with E-state index >= 15 is 0 Å². The van der Waals surface area contributed by atoms with Crippen LogP contribution in [0.1, 0.15) is 23.6 Å². The van der Waals surface area contributed by atoms with Crippen molar-refractivity contribution in [2.75, 3.05) is 0 Å². The third-order valence-corrected chi connectivity index (χ3v) is 1.80. The van der Waals surface area contributed by atoms with Crippen LogP contribution < -0.4 is 0 Å². The van der Waals surface area contributed by atoms with Gasteiger partial charge in [0.05, 0.1) is 0 Å². The van der Waals surface area contributed by atoms with Crippen molar-refractivity contribution in [1.82, 2.24) is 10.2 Å². The normalized spacial score (nSPS) is 10.3. The van der Waals surface area contributed by atoms with Crippen molar-refractivity contribution < 1.29 is 4.79 Å². The van der Waals surface area contributed by atoms with Crippen LogP contribution in [0.5, 0.6) is 0 Å². The van der Waals surface area contributed by atoms with Crippen molar-refractivity contribution in [3.63, 3.8) is 0 Å². The molecule has 0 N–H and O–H groups in total. The molecule has 0 aliphatic heterocycles. The molecule has 54 valence electrons. The molecule has 0 aromatic carbocycles. The SMILES string of the molecule is CC(C)C(=O)c1nncs1. The van der Waals surface area contributed by atoms with Gasteiger partial charge in [-0.25, -0.2) is 0 Å². The van der Waals surface area contributed by atoms with Gasteiger partial charge in [-0.3, -0.25) is 4.79 Å². The van der Waals surface area contributed by atoms with Crippen molar-refractivity contribution in [2.24, 2.45) is 5.92 Å². The minimum Gasteiger partial charge on any atom is -0.291 e. The van der Waals surface area contributed by atoms with E-state index in [1.807, 2.05) is 13.8 Å². The number of nitrogens with zero attached hydrogens (tertiary/aromatic N) is 2. The fraction of sp³-hybridized carbons (Fsp3) is 0.500. The Labute approximate surface area is 63.1 Å². The van der Waals surface area contributed by atoms with Crippen LogP contribution in [0.4, 0.5) is 0 Å². The number of hydrogen-bond acceptors (Lipinski definition) is 4. The fourth-order valence-electron chi connectivity index (χ4n) is 0.527. The Kier molecular flexibility index (Phi) is 2.11. The highest BCUT2D eigenvalue weighted by Crippen LogP contribution is 2.08. The molecule has 1 aromatic rings. The number of rotatable bonds is 2. The Hall–Kier alpha value is -0.770. The minimum absolute atomic E-state index is 0.0212. The lowest BCUT2D eigenvalue weighted by molar-refractivity contribution is 0.0938. The zero-order valence-electron chi connectivity index (χ0n) is 5.87. The van der Waals surface area contributed by atoms with E-state index < -0.39 is 0 Å². The Morgan fingerprint density at radius 3 is 2.80 bits per heavy atom. The molecule has 4 heteroatoms. The molecule has 1 aromatic heterocycles. The second-order valence-electron chi connectivity index (χ2n) is 2.26. The fourth-order valence-corrected chi connectivity index (χ4v) is 1.17. The molecule has 0 saturated heterocycles. The lowest BCUT2D eigenvalue weighted by Gasteiger charge is -1.95. The molecule has 0 aliphatic carbocycles. The van der Waals surface area contributed by atoms with Gasteiger partial charge in [0.2, 0.25) is 0 Å². The predicted octanol–water partition coefficient (Wildman–Crippen LogP) is 1.38.